The van der Waals surface area contributed by atoms with E-state index in [1.807, 2.05) is 0 Å². The van der Waals surface area contributed by atoms with E-state index in [1.165, 1.54) is 23.7 Å². The highest BCUT2D eigenvalue weighted by atomic mass is 32.2. The van der Waals surface area contributed by atoms with Crippen molar-refractivity contribution < 1.29 is 31.1 Å². The molecule has 28 heavy (non-hydrogen) atoms. The van der Waals surface area contributed by atoms with Crippen LogP contribution >= 0.6 is 11.3 Å². The summed E-state index contributed by atoms with van der Waals surface area (Å²) in [5, 5.41) is 12.8. The fourth-order valence-electron chi connectivity index (χ4n) is 2.60. The second kappa shape index (κ2) is 7.70. The first-order chi connectivity index (χ1) is 13.1. The molecular formula is C18H16F3NO4S2. The average Bonchev–Trinajstić information content (AvgIpc) is 3.33. The zero-order valence-electron chi connectivity index (χ0n) is 14.3. The van der Waals surface area contributed by atoms with Gasteiger partial charge in [-0.15, -0.1) is 11.3 Å². The number of nitrogens with one attached hydrogen (secondary N) is 1. The van der Waals surface area contributed by atoms with Crippen molar-refractivity contribution in [2.24, 2.45) is 0 Å². The van der Waals surface area contributed by atoms with E-state index in [-0.39, 0.29) is 17.9 Å². The molecule has 1 unspecified atom stereocenters. The molecule has 0 aliphatic carbocycles. The third-order valence-corrected chi connectivity index (χ3v) is 6.36. The smallest absolute Gasteiger partial charge is 0.416 e. The van der Waals surface area contributed by atoms with E-state index < -0.39 is 33.1 Å². The summed E-state index contributed by atoms with van der Waals surface area (Å²) in [5.74, 6) is -0.351. The molecule has 0 fully saturated rings. The molecule has 10 heteroatoms. The number of hydrogen-bond acceptors (Lipinski definition) is 5. The predicted octanol–water partition coefficient (Wildman–Crippen LogP) is 3.72. The number of hydrogen-bond donors (Lipinski definition) is 2. The van der Waals surface area contributed by atoms with Crippen LogP contribution in [0.1, 0.15) is 21.8 Å². The van der Waals surface area contributed by atoms with Crippen molar-refractivity contribution in [1.29, 1.82) is 0 Å². The van der Waals surface area contributed by atoms with Crippen LogP contribution in [0.5, 0.6) is 0 Å². The molecule has 3 aromatic rings. The van der Waals surface area contributed by atoms with Gasteiger partial charge in [0.15, 0.2) is 5.60 Å². The third-order valence-electron chi connectivity index (χ3n) is 4.04. The number of alkyl halides is 3. The Kier molecular flexibility index (Phi) is 5.67. The quantitative estimate of drug-likeness (QED) is 0.598. The SMILES string of the molecule is O=S(=O)(Cc1ccc(C(F)(F)F)cc1)NCC(O)(c1ccco1)c1cccs1. The summed E-state index contributed by atoms with van der Waals surface area (Å²) in [5.41, 5.74) is -2.37. The molecule has 0 aliphatic rings. The largest absolute Gasteiger partial charge is 0.466 e. The van der Waals surface area contributed by atoms with Crippen molar-refractivity contribution in [3.8, 4) is 0 Å². The van der Waals surface area contributed by atoms with E-state index in [0.29, 0.717) is 4.88 Å². The Morgan fingerprint density at radius 3 is 2.32 bits per heavy atom. The van der Waals surface area contributed by atoms with Gasteiger partial charge < -0.3 is 9.52 Å². The molecule has 1 aromatic carbocycles. The zero-order chi connectivity index (χ0) is 20.4. The number of aliphatic hydroxyl groups is 1. The van der Waals surface area contributed by atoms with Crippen LogP contribution in [0.4, 0.5) is 13.2 Å². The van der Waals surface area contributed by atoms with Crippen molar-refractivity contribution in [3.63, 3.8) is 0 Å². The first-order valence-corrected chi connectivity index (χ1v) is 10.6. The van der Waals surface area contributed by atoms with Crippen LogP contribution in [0.25, 0.3) is 0 Å². The van der Waals surface area contributed by atoms with Crippen LogP contribution in [0.15, 0.2) is 64.6 Å². The molecule has 0 amide bonds. The van der Waals surface area contributed by atoms with Crippen LogP contribution in [0.2, 0.25) is 0 Å². The van der Waals surface area contributed by atoms with Gasteiger partial charge in [-0.2, -0.15) is 13.2 Å². The third kappa shape index (κ3) is 4.64. The van der Waals surface area contributed by atoms with Gasteiger partial charge in [-0.25, -0.2) is 13.1 Å². The molecule has 3 rings (SSSR count). The highest BCUT2D eigenvalue weighted by molar-refractivity contribution is 7.88. The van der Waals surface area contributed by atoms with Crippen LogP contribution in [0.3, 0.4) is 0 Å². The van der Waals surface area contributed by atoms with Crippen LogP contribution in [0, 0.1) is 0 Å². The van der Waals surface area contributed by atoms with E-state index in [0.717, 1.165) is 24.3 Å². The molecular weight excluding hydrogens is 415 g/mol. The van der Waals surface area contributed by atoms with Gasteiger partial charge in [-0.05, 0) is 41.3 Å². The maximum atomic E-state index is 12.6. The first-order valence-electron chi connectivity index (χ1n) is 8.04. The minimum Gasteiger partial charge on any atom is -0.466 e. The van der Waals surface area contributed by atoms with Crippen molar-refractivity contribution >= 4 is 21.4 Å². The zero-order valence-corrected chi connectivity index (χ0v) is 15.9. The van der Waals surface area contributed by atoms with Crippen LogP contribution < -0.4 is 4.72 Å². The molecule has 150 valence electrons. The Labute approximate surface area is 163 Å². The monoisotopic (exact) mass is 431 g/mol. The maximum Gasteiger partial charge on any atom is 0.416 e. The van der Waals surface area contributed by atoms with Gasteiger partial charge >= 0.3 is 6.18 Å². The second-order valence-corrected chi connectivity index (χ2v) is 8.84. The highest BCUT2D eigenvalue weighted by Gasteiger charge is 2.37. The molecule has 0 radical (unpaired) electrons. The molecule has 2 aromatic heterocycles. The van der Waals surface area contributed by atoms with E-state index in [2.05, 4.69) is 4.72 Å². The molecule has 2 heterocycles. The van der Waals surface area contributed by atoms with E-state index in [1.54, 1.807) is 23.6 Å². The molecule has 0 saturated carbocycles. The van der Waals surface area contributed by atoms with Gasteiger partial charge in [0, 0.05) is 4.88 Å². The topological polar surface area (TPSA) is 79.5 Å². The van der Waals surface area contributed by atoms with Crippen LogP contribution in [-0.2, 0) is 27.6 Å². The van der Waals surface area contributed by atoms with Gasteiger partial charge in [0.05, 0.1) is 24.1 Å². The van der Waals surface area contributed by atoms with Crippen molar-refractivity contribution in [2.45, 2.75) is 17.5 Å². The number of rotatable bonds is 7. The van der Waals surface area contributed by atoms with Gasteiger partial charge in [0.1, 0.15) is 5.76 Å². The fraction of sp³-hybridized carbons (Fsp3) is 0.222. The van der Waals surface area contributed by atoms with Crippen molar-refractivity contribution in [3.05, 3.63) is 81.9 Å². The summed E-state index contributed by atoms with van der Waals surface area (Å²) in [6, 6.07) is 10.3. The van der Waals surface area contributed by atoms with E-state index in [9.17, 15) is 26.7 Å². The first kappa shape index (κ1) is 20.6. The van der Waals surface area contributed by atoms with Crippen LogP contribution in [-0.4, -0.2) is 20.1 Å². The van der Waals surface area contributed by atoms with E-state index in [4.69, 9.17) is 4.42 Å². The Balaban J connectivity index is 1.74. The molecule has 0 bridgehead atoms. The second-order valence-electron chi connectivity index (χ2n) is 6.09. The lowest BCUT2D eigenvalue weighted by molar-refractivity contribution is -0.137. The molecule has 2 N–H and O–H groups in total. The summed E-state index contributed by atoms with van der Waals surface area (Å²) < 4.78 is 70.2. The Morgan fingerprint density at radius 2 is 1.79 bits per heavy atom. The Morgan fingerprint density at radius 1 is 1.07 bits per heavy atom. The Bertz CT molecular complexity index is 962. The average molecular weight is 431 g/mol. The summed E-state index contributed by atoms with van der Waals surface area (Å²) in [4.78, 5) is 0.486. The highest BCUT2D eigenvalue weighted by Crippen LogP contribution is 2.33. The molecule has 1 atom stereocenters. The standard InChI is InChI=1S/C18H16F3NO4S2/c19-18(20,21)14-7-5-13(6-8-14)11-28(24,25)22-12-17(23,15-3-1-9-26-15)16-4-2-10-27-16/h1-10,22-23H,11-12H2. The lowest BCUT2D eigenvalue weighted by Crippen LogP contribution is -2.41. The van der Waals surface area contributed by atoms with Crippen molar-refractivity contribution in [2.75, 3.05) is 6.54 Å². The summed E-state index contributed by atoms with van der Waals surface area (Å²) >= 11 is 1.24. The van der Waals surface area contributed by atoms with Crippen molar-refractivity contribution in [1.82, 2.24) is 4.72 Å². The minimum absolute atomic E-state index is 0.173. The summed E-state index contributed by atoms with van der Waals surface area (Å²) in [6.07, 6.45) is -3.12. The normalized spacial score (nSPS) is 14.7. The number of thiophene rings is 1. The van der Waals surface area contributed by atoms with E-state index >= 15 is 0 Å². The molecule has 0 spiro atoms. The number of furan rings is 1. The molecule has 0 aliphatic heterocycles. The summed E-state index contributed by atoms with van der Waals surface area (Å²) in [6.45, 7) is -0.385. The van der Waals surface area contributed by atoms with Gasteiger partial charge in [0.25, 0.3) is 0 Å². The maximum absolute atomic E-state index is 12.6. The molecule has 0 saturated heterocycles. The molecule has 5 nitrogen and oxygen atoms in total. The number of halogens is 3. The van der Waals surface area contributed by atoms with Gasteiger partial charge in [-0.1, -0.05) is 18.2 Å². The Hall–Kier alpha value is -2.14. The number of benzene rings is 1. The van der Waals surface area contributed by atoms with Gasteiger partial charge in [-0.3, -0.25) is 0 Å². The summed E-state index contributed by atoms with van der Waals surface area (Å²) in [7, 11) is -3.93. The minimum atomic E-state index is -4.49. The fourth-order valence-corrected chi connectivity index (χ4v) is 4.59. The van der Waals surface area contributed by atoms with Gasteiger partial charge in [0.2, 0.25) is 10.0 Å². The number of sulfonamides is 1. The predicted molar refractivity (Wildman–Crippen MR) is 98.1 cm³/mol. The lowest BCUT2D eigenvalue weighted by Gasteiger charge is -2.25. The lowest BCUT2D eigenvalue weighted by atomic mass is 9.99.